The quantitative estimate of drug-likeness (QED) is 0.504. The van der Waals surface area contributed by atoms with Crippen LogP contribution >= 0.6 is 0 Å². The van der Waals surface area contributed by atoms with Gasteiger partial charge in [0.15, 0.2) is 0 Å². The number of nitrogens with zero attached hydrogens (tertiary/aromatic N) is 2. The third kappa shape index (κ3) is 4.11. The molecule has 1 aromatic carbocycles. The number of aromatic amines is 1. The number of aryl methyl sites for hydroxylation is 1. The van der Waals surface area contributed by atoms with E-state index in [0.29, 0.717) is 37.1 Å². The van der Waals surface area contributed by atoms with Gasteiger partial charge in [-0.05, 0) is 67.9 Å². The lowest BCUT2D eigenvalue weighted by atomic mass is 9.71. The Morgan fingerprint density at radius 1 is 1.17 bits per heavy atom. The molecule has 2 aliphatic heterocycles. The van der Waals surface area contributed by atoms with E-state index >= 15 is 4.39 Å². The maximum atomic E-state index is 15.2. The topological polar surface area (TPSA) is 67.5 Å². The molecule has 0 bridgehead atoms. The summed E-state index contributed by atoms with van der Waals surface area (Å²) in [5.41, 5.74) is 4.10. The van der Waals surface area contributed by atoms with Crippen molar-refractivity contribution in [3.63, 3.8) is 0 Å². The molecule has 1 spiro atoms. The molecule has 3 aromatic rings. The number of halogens is 4. The first-order valence-electron chi connectivity index (χ1n) is 12.1. The minimum atomic E-state index is -4.79. The van der Waals surface area contributed by atoms with Gasteiger partial charge in [-0.15, -0.1) is 13.2 Å². The van der Waals surface area contributed by atoms with Crippen molar-refractivity contribution in [2.45, 2.75) is 44.4 Å². The van der Waals surface area contributed by atoms with Crippen molar-refractivity contribution >= 4 is 16.9 Å². The van der Waals surface area contributed by atoms with Gasteiger partial charge in [-0.2, -0.15) is 0 Å². The van der Waals surface area contributed by atoms with E-state index in [2.05, 4.69) is 14.7 Å². The van der Waals surface area contributed by atoms with Gasteiger partial charge in [0.25, 0.3) is 5.91 Å². The van der Waals surface area contributed by atoms with Crippen LogP contribution in [0.15, 0.2) is 30.5 Å². The van der Waals surface area contributed by atoms with Gasteiger partial charge in [-0.1, -0.05) is 0 Å². The van der Waals surface area contributed by atoms with Crippen molar-refractivity contribution in [1.82, 2.24) is 14.9 Å². The normalized spacial score (nSPS) is 19.8. The standard InChI is InChI=1S/C26H25F4N3O3/c27-19-12-31-23-22(18-11-25(13-35-14-25)8-5-20(18)32-23)21(19)15-6-9-33(10-7-15)24(34)16-1-3-17(4-2-16)36-26(28,29)30/h1-4,12,15H,5-11,13-14H2,(H,31,32). The molecular weight excluding hydrogens is 478 g/mol. The second kappa shape index (κ2) is 8.47. The molecule has 0 unspecified atom stereocenters. The van der Waals surface area contributed by atoms with Gasteiger partial charge in [0.2, 0.25) is 0 Å². The highest BCUT2D eigenvalue weighted by molar-refractivity contribution is 5.94. The van der Waals surface area contributed by atoms with Crippen LogP contribution in [0, 0.1) is 11.2 Å². The van der Waals surface area contributed by atoms with Crippen LogP contribution in [0.5, 0.6) is 5.75 Å². The van der Waals surface area contributed by atoms with Crippen LogP contribution in [-0.4, -0.2) is 53.4 Å². The average Bonchev–Trinajstić information content (AvgIpc) is 3.20. The SMILES string of the molecule is O=C(c1ccc(OC(F)(F)F)cc1)N1CCC(c2c(F)cnc3[nH]c4c(c23)CC2(CC4)COC2)CC1. The number of aromatic nitrogens is 2. The number of benzene rings is 1. The number of hydrogen-bond donors (Lipinski definition) is 1. The number of hydrogen-bond acceptors (Lipinski definition) is 4. The van der Waals surface area contributed by atoms with Gasteiger partial charge in [0.05, 0.1) is 19.4 Å². The van der Waals surface area contributed by atoms with E-state index < -0.39 is 6.36 Å². The number of H-pyrrole nitrogens is 1. The fraction of sp³-hybridized carbons (Fsp3) is 0.462. The number of amides is 1. The second-order valence-electron chi connectivity index (χ2n) is 10.1. The number of pyridine rings is 1. The smallest absolute Gasteiger partial charge is 0.406 e. The lowest BCUT2D eigenvalue weighted by molar-refractivity contribution is -0.274. The third-order valence-electron chi connectivity index (χ3n) is 7.80. The molecule has 1 N–H and O–H groups in total. The van der Waals surface area contributed by atoms with E-state index in [1.54, 1.807) is 4.90 Å². The Morgan fingerprint density at radius 2 is 1.89 bits per heavy atom. The average molecular weight is 503 g/mol. The Hall–Kier alpha value is -3.14. The number of rotatable bonds is 3. The van der Waals surface area contributed by atoms with Crippen LogP contribution in [0.25, 0.3) is 11.0 Å². The van der Waals surface area contributed by atoms with Crippen LogP contribution in [0.1, 0.15) is 52.4 Å². The molecule has 2 saturated heterocycles. The molecule has 3 aliphatic rings. The zero-order valence-corrected chi connectivity index (χ0v) is 19.5. The third-order valence-corrected chi connectivity index (χ3v) is 7.80. The number of piperidine rings is 1. The van der Waals surface area contributed by atoms with Crippen LogP contribution in [-0.2, 0) is 17.6 Å². The zero-order valence-electron chi connectivity index (χ0n) is 19.5. The molecule has 36 heavy (non-hydrogen) atoms. The van der Waals surface area contributed by atoms with Crippen molar-refractivity contribution in [3.05, 3.63) is 58.7 Å². The van der Waals surface area contributed by atoms with Crippen molar-refractivity contribution < 1.29 is 31.8 Å². The van der Waals surface area contributed by atoms with Crippen molar-refractivity contribution in [2.24, 2.45) is 5.41 Å². The van der Waals surface area contributed by atoms with Crippen LogP contribution in [0.2, 0.25) is 0 Å². The summed E-state index contributed by atoms with van der Waals surface area (Å²) in [5.74, 6) is -1.02. The number of alkyl halides is 3. The first kappa shape index (κ1) is 23.3. The zero-order chi connectivity index (χ0) is 25.1. The predicted molar refractivity (Wildman–Crippen MR) is 122 cm³/mol. The monoisotopic (exact) mass is 503 g/mol. The molecule has 6 rings (SSSR count). The van der Waals surface area contributed by atoms with Gasteiger partial charge in [0, 0.05) is 40.7 Å². The number of likely N-dealkylation sites (tertiary alicyclic amines) is 1. The minimum Gasteiger partial charge on any atom is -0.406 e. The maximum Gasteiger partial charge on any atom is 0.573 e. The highest BCUT2D eigenvalue weighted by Gasteiger charge is 2.43. The first-order chi connectivity index (χ1) is 17.2. The summed E-state index contributed by atoms with van der Waals surface area (Å²) in [6, 6.07) is 4.92. The highest BCUT2D eigenvalue weighted by Crippen LogP contribution is 2.46. The van der Waals surface area contributed by atoms with Gasteiger partial charge < -0.3 is 19.4 Å². The van der Waals surface area contributed by atoms with Crippen molar-refractivity contribution in [2.75, 3.05) is 26.3 Å². The van der Waals surface area contributed by atoms with E-state index in [9.17, 15) is 18.0 Å². The molecule has 190 valence electrons. The highest BCUT2D eigenvalue weighted by atomic mass is 19.4. The van der Waals surface area contributed by atoms with Crippen molar-refractivity contribution in [1.29, 1.82) is 0 Å². The largest absolute Gasteiger partial charge is 0.573 e. The summed E-state index contributed by atoms with van der Waals surface area (Å²) in [4.78, 5) is 22.4. The molecule has 0 radical (unpaired) electrons. The van der Waals surface area contributed by atoms with E-state index in [0.717, 1.165) is 61.3 Å². The van der Waals surface area contributed by atoms with E-state index in [-0.39, 0.29) is 34.4 Å². The lowest BCUT2D eigenvalue weighted by Gasteiger charge is -2.44. The molecule has 6 nitrogen and oxygen atoms in total. The fourth-order valence-electron chi connectivity index (χ4n) is 5.92. The van der Waals surface area contributed by atoms with Crippen LogP contribution in [0.3, 0.4) is 0 Å². The number of fused-ring (bicyclic) bond motifs is 3. The summed E-state index contributed by atoms with van der Waals surface area (Å²) in [5, 5.41) is 0.890. The van der Waals surface area contributed by atoms with E-state index in [4.69, 9.17) is 4.74 Å². The summed E-state index contributed by atoms with van der Waals surface area (Å²) in [6.07, 6.45) is 0.475. The first-order valence-corrected chi connectivity index (χ1v) is 12.1. The van der Waals surface area contributed by atoms with Crippen LogP contribution < -0.4 is 4.74 Å². The molecule has 2 aromatic heterocycles. The molecular formula is C26H25F4N3O3. The maximum absolute atomic E-state index is 15.2. The van der Waals surface area contributed by atoms with Gasteiger partial charge in [-0.25, -0.2) is 9.37 Å². The Kier molecular flexibility index (Phi) is 5.47. The number of carbonyl (C=O) groups excluding carboxylic acids is 1. The van der Waals surface area contributed by atoms with E-state index in [1.807, 2.05) is 0 Å². The Morgan fingerprint density at radius 3 is 2.53 bits per heavy atom. The lowest BCUT2D eigenvalue weighted by Crippen LogP contribution is -2.46. The number of ether oxygens (including phenoxy) is 2. The summed E-state index contributed by atoms with van der Waals surface area (Å²) in [7, 11) is 0. The Balaban J connectivity index is 1.20. The summed E-state index contributed by atoms with van der Waals surface area (Å²) >= 11 is 0. The van der Waals surface area contributed by atoms with Crippen LogP contribution in [0.4, 0.5) is 17.6 Å². The van der Waals surface area contributed by atoms with Gasteiger partial charge in [0.1, 0.15) is 17.2 Å². The molecule has 2 fully saturated rings. The van der Waals surface area contributed by atoms with Gasteiger partial charge >= 0.3 is 6.36 Å². The second-order valence-corrected chi connectivity index (χ2v) is 10.1. The molecule has 1 aliphatic carbocycles. The number of carbonyl (C=O) groups is 1. The predicted octanol–water partition coefficient (Wildman–Crippen LogP) is 5.13. The molecule has 1 amide bonds. The van der Waals surface area contributed by atoms with Gasteiger partial charge in [-0.3, -0.25) is 4.79 Å². The van der Waals surface area contributed by atoms with E-state index in [1.165, 1.54) is 18.3 Å². The fourth-order valence-corrected chi connectivity index (χ4v) is 5.92. The van der Waals surface area contributed by atoms with Crippen molar-refractivity contribution in [3.8, 4) is 5.75 Å². The Bertz CT molecular complexity index is 1310. The number of nitrogens with one attached hydrogen (secondary N) is 1. The summed E-state index contributed by atoms with van der Waals surface area (Å²) in [6.45, 7) is 2.33. The Labute approximate surface area is 204 Å². The molecule has 10 heteroatoms. The minimum absolute atomic E-state index is 0.0578. The summed E-state index contributed by atoms with van der Waals surface area (Å²) < 4.78 is 61.8. The molecule has 4 heterocycles. The molecule has 0 atom stereocenters. The molecule has 0 saturated carbocycles.